The number of halogens is 2. The summed E-state index contributed by atoms with van der Waals surface area (Å²) in [6.07, 6.45) is 0.942. The number of hydrogen-bond acceptors (Lipinski definition) is 6. The Bertz CT molecular complexity index is 805. The number of methoxy groups -OCH3 is 1. The molecular weight excluding hydrogens is 537 g/mol. The van der Waals surface area contributed by atoms with Crippen molar-refractivity contribution < 1.29 is 4.74 Å². The molecule has 3 rings (SSSR count). The Labute approximate surface area is 204 Å². The van der Waals surface area contributed by atoms with Gasteiger partial charge in [-0.3, -0.25) is 4.90 Å². The zero-order valence-electron chi connectivity index (χ0n) is 17.8. The van der Waals surface area contributed by atoms with Crippen molar-refractivity contribution in [2.45, 2.75) is 26.4 Å². The van der Waals surface area contributed by atoms with Crippen LogP contribution in [-0.4, -0.2) is 77.0 Å². The number of rotatable bonds is 8. The summed E-state index contributed by atoms with van der Waals surface area (Å²) in [5, 5.41) is 11.8. The molecule has 1 aliphatic heterocycles. The highest BCUT2D eigenvalue weighted by atomic mass is 127. The number of thiophene rings is 1. The van der Waals surface area contributed by atoms with Gasteiger partial charge in [-0.25, -0.2) is 4.99 Å². The van der Waals surface area contributed by atoms with E-state index < -0.39 is 0 Å². The van der Waals surface area contributed by atoms with E-state index in [0.29, 0.717) is 6.54 Å². The maximum atomic E-state index is 6.06. The van der Waals surface area contributed by atoms with Crippen LogP contribution in [0.5, 0.6) is 0 Å². The molecule has 3 heterocycles. The molecule has 168 valence electrons. The van der Waals surface area contributed by atoms with Crippen molar-refractivity contribution in [3.05, 3.63) is 33.0 Å². The Morgan fingerprint density at radius 2 is 2.03 bits per heavy atom. The number of piperazine rings is 1. The van der Waals surface area contributed by atoms with Crippen LogP contribution in [0.4, 0.5) is 0 Å². The van der Waals surface area contributed by atoms with Gasteiger partial charge >= 0.3 is 0 Å². The van der Waals surface area contributed by atoms with Crippen molar-refractivity contribution in [2.24, 2.45) is 12.0 Å². The molecule has 11 heteroatoms. The summed E-state index contributed by atoms with van der Waals surface area (Å²) in [7, 11) is 3.70. The summed E-state index contributed by atoms with van der Waals surface area (Å²) >= 11 is 7.72. The van der Waals surface area contributed by atoms with Crippen LogP contribution >= 0.6 is 46.9 Å². The molecule has 30 heavy (non-hydrogen) atoms. The summed E-state index contributed by atoms with van der Waals surface area (Å²) < 4.78 is 8.00. The summed E-state index contributed by atoms with van der Waals surface area (Å²) in [5.74, 6) is 2.69. The fraction of sp³-hybridized carbons (Fsp3) is 0.632. The Kier molecular flexibility index (Phi) is 10.8. The van der Waals surface area contributed by atoms with E-state index in [1.165, 1.54) is 4.88 Å². The minimum absolute atomic E-state index is 0. The molecule has 1 aliphatic rings. The molecule has 2 aromatic rings. The summed E-state index contributed by atoms with van der Waals surface area (Å²) in [6.45, 7) is 8.85. The Balaban J connectivity index is 0.00000320. The fourth-order valence-electron chi connectivity index (χ4n) is 3.19. The van der Waals surface area contributed by atoms with E-state index in [1.54, 1.807) is 18.4 Å². The Morgan fingerprint density at radius 1 is 1.27 bits per heavy atom. The molecule has 0 saturated carbocycles. The van der Waals surface area contributed by atoms with E-state index in [0.717, 1.165) is 74.2 Å². The molecule has 0 unspecified atom stereocenters. The van der Waals surface area contributed by atoms with Crippen LogP contribution < -0.4 is 5.32 Å². The van der Waals surface area contributed by atoms with Crippen molar-refractivity contribution in [1.82, 2.24) is 29.9 Å². The lowest BCUT2D eigenvalue weighted by Gasteiger charge is -2.36. The van der Waals surface area contributed by atoms with Gasteiger partial charge in [-0.2, -0.15) is 0 Å². The second-order valence-electron chi connectivity index (χ2n) is 7.10. The fourth-order valence-corrected chi connectivity index (χ4v) is 4.32. The standard InChI is InChI=1S/C19H30ClN7OS.HI/c1-15-23-24-18(25(15)2)13-22-19(21-7-4-12-28-3)27-10-8-26(9-11-27)14-16-5-6-17(20)29-16;/h5-6H,4,7-14H2,1-3H3,(H,21,22);1H. The largest absolute Gasteiger partial charge is 0.385 e. The van der Waals surface area contributed by atoms with E-state index in [1.807, 2.05) is 24.6 Å². The quantitative estimate of drug-likeness (QED) is 0.229. The Hall–Kier alpha value is -0.950. The van der Waals surface area contributed by atoms with Crippen molar-refractivity contribution in [1.29, 1.82) is 0 Å². The van der Waals surface area contributed by atoms with Gasteiger partial charge in [0.05, 0.1) is 4.34 Å². The molecule has 0 radical (unpaired) electrons. The molecule has 0 aromatic carbocycles. The molecule has 0 spiro atoms. The van der Waals surface area contributed by atoms with Gasteiger partial charge in [0.1, 0.15) is 12.4 Å². The number of aryl methyl sites for hydroxylation is 1. The Morgan fingerprint density at radius 3 is 2.63 bits per heavy atom. The molecule has 1 saturated heterocycles. The number of nitrogens with one attached hydrogen (secondary N) is 1. The second kappa shape index (κ2) is 12.8. The normalized spacial score (nSPS) is 15.3. The number of aromatic nitrogens is 3. The summed E-state index contributed by atoms with van der Waals surface area (Å²) in [4.78, 5) is 10.9. The smallest absolute Gasteiger partial charge is 0.194 e. The summed E-state index contributed by atoms with van der Waals surface area (Å²) in [5.41, 5.74) is 0. The average Bonchev–Trinajstić information content (AvgIpc) is 3.27. The molecule has 0 aliphatic carbocycles. The highest BCUT2D eigenvalue weighted by Crippen LogP contribution is 2.23. The lowest BCUT2D eigenvalue weighted by molar-refractivity contribution is 0.172. The zero-order valence-corrected chi connectivity index (χ0v) is 21.7. The lowest BCUT2D eigenvalue weighted by atomic mass is 10.3. The first-order valence-electron chi connectivity index (χ1n) is 9.90. The third-order valence-corrected chi connectivity index (χ3v) is 6.26. The van der Waals surface area contributed by atoms with E-state index in [-0.39, 0.29) is 24.0 Å². The van der Waals surface area contributed by atoms with Crippen LogP contribution in [0.3, 0.4) is 0 Å². The van der Waals surface area contributed by atoms with Gasteiger partial charge in [0.2, 0.25) is 0 Å². The number of hydrogen-bond donors (Lipinski definition) is 1. The molecule has 0 atom stereocenters. The molecule has 1 fully saturated rings. The van der Waals surface area contributed by atoms with Crippen LogP contribution in [0.15, 0.2) is 17.1 Å². The zero-order chi connectivity index (χ0) is 20.6. The highest BCUT2D eigenvalue weighted by Gasteiger charge is 2.20. The van der Waals surface area contributed by atoms with Gasteiger partial charge in [-0.05, 0) is 25.5 Å². The third-order valence-electron chi connectivity index (χ3n) is 5.04. The maximum Gasteiger partial charge on any atom is 0.194 e. The van der Waals surface area contributed by atoms with Crippen molar-refractivity contribution in [3.8, 4) is 0 Å². The molecule has 0 amide bonds. The third kappa shape index (κ3) is 7.33. The first-order valence-corrected chi connectivity index (χ1v) is 11.1. The molecule has 2 aromatic heterocycles. The van der Waals surface area contributed by atoms with Crippen LogP contribution in [0, 0.1) is 6.92 Å². The molecule has 8 nitrogen and oxygen atoms in total. The maximum absolute atomic E-state index is 6.06. The van der Waals surface area contributed by atoms with Crippen LogP contribution in [-0.2, 0) is 24.9 Å². The number of guanidine groups is 1. The van der Waals surface area contributed by atoms with Crippen LogP contribution in [0.2, 0.25) is 4.34 Å². The van der Waals surface area contributed by atoms with Crippen molar-refractivity contribution >= 4 is 52.9 Å². The van der Waals surface area contributed by atoms with Gasteiger partial charge in [-0.1, -0.05) is 11.6 Å². The predicted octanol–water partition coefficient (Wildman–Crippen LogP) is 2.76. The van der Waals surface area contributed by atoms with Gasteiger partial charge in [0.25, 0.3) is 0 Å². The van der Waals surface area contributed by atoms with Gasteiger partial charge in [0.15, 0.2) is 11.8 Å². The first kappa shape index (κ1) is 25.3. The van der Waals surface area contributed by atoms with Gasteiger partial charge < -0.3 is 19.5 Å². The van der Waals surface area contributed by atoms with Crippen LogP contribution in [0.1, 0.15) is 22.9 Å². The van der Waals surface area contributed by atoms with E-state index in [9.17, 15) is 0 Å². The monoisotopic (exact) mass is 567 g/mol. The average molecular weight is 568 g/mol. The molecule has 1 N–H and O–H groups in total. The lowest BCUT2D eigenvalue weighted by Crippen LogP contribution is -2.52. The number of aliphatic imine (C=N–C) groups is 1. The van der Waals surface area contributed by atoms with Crippen molar-refractivity contribution in [3.63, 3.8) is 0 Å². The van der Waals surface area contributed by atoms with E-state index >= 15 is 0 Å². The minimum atomic E-state index is 0. The number of ether oxygens (including phenoxy) is 1. The minimum Gasteiger partial charge on any atom is -0.385 e. The second-order valence-corrected chi connectivity index (χ2v) is 8.90. The topological polar surface area (TPSA) is 70.8 Å². The summed E-state index contributed by atoms with van der Waals surface area (Å²) in [6, 6.07) is 4.09. The van der Waals surface area contributed by atoms with Gasteiger partial charge in [-0.15, -0.1) is 45.5 Å². The first-order chi connectivity index (χ1) is 14.1. The molecular formula is C19H31ClIN7OS. The van der Waals surface area contributed by atoms with Gasteiger partial charge in [0, 0.05) is 64.9 Å². The van der Waals surface area contributed by atoms with Crippen LogP contribution in [0.25, 0.3) is 0 Å². The SMILES string of the molecule is COCCCNC(=NCc1nnc(C)n1C)N1CCN(Cc2ccc(Cl)s2)CC1.I. The van der Waals surface area contributed by atoms with E-state index in [2.05, 4.69) is 31.4 Å². The number of nitrogens with zero attached hydrogens (tertiary/aromatic N) is 6. The highest BCUT2D eigenvalue weighted by molar-refractivity contribution is 14.0. The predicted molar refractivity (Wildman–Crippen MR) is 133 cm³/mol. The van der Waals surface area contributed by atoms with Crippen molar-refractivity contribution in [2.75, 3.05) is 46.4 Å². The van der Waals surface area contributed by atoms with E-state index in [4.69, 9.17) is 21.3 Å². The molecule has 0 bridgehead atoms.